The van der Waals surface area contributed by atoms with Crippen LogP contribution >= 0.6 is 0 Å². The third kappa shape index (κ3) is 3.98. The Hall–Kier alpha value is -0.920. The Balaban J connectivity index is 4.55. The summed E-state index contributed by atoms with van der Waals surface area (Å²) >= 11 is 0. The van der Waals surface area contributed by atoms with E-state index in [9.17, 15) is 10.2 Å². The van der Waals surface area contributed by atoms with Crippen molar-refractivity contribution in [2.24, 2.45) is 11.8 Å². The number of aliphatic hydroxyl groups is 2. The molecular weight excluding hydrogens is 192 g/mol. The van der Waals surface area contributed by atoms with E-state index >= 15 is 0 Å². The highest BCUT2D eigenvalue weighted by atomic mass is 16.3. The molecule has 0 fully saturated rings. The van der Waals surface area contributed by atoms with Crippen LogP contribution in [0.5, 0.6) is 0 Å². The molecule has 0 aliphatic heterocycles. The van der Waals surface area contributed by atoms with Crippen molar-refractivity contribution in [2.45, 2.75) is 45.8 Å². The van der Waals surface area contributed by atoms with Gasteiger partial charge in [-0.25, -0.2) is 0 Å². The van der Waals surface area contributed by atoms with Crippen LogP contribution in [0.1, 0.15) is 33.6 Å². The van der Waals surface area contributed by atoms with Crippen LogP contribution in [-0.4, -0.2) is 28.1 Å². The second-order valence-electron chi connectivity index (χ2n) is 4.07. The van der Waals surface area contributed by atoms with Gasteiger partial charge in [-0.1, -0.05) is 27.2 Å². The Morgan fingerprint density at radius 1 is 1.40 bits per heavy atom. The minimum absolute atomic E-state index is 0.107. The van der Waals surface area contributed by atoms with Gasteiger partial charge in [0.15, 0.2) is 0 Å². The second-order valence-corrected chi connectivity index (χ2v) is 4.07. The molecule has 0 aromatic rings. The molecule has 0 aliphatic carbocycles. The monoisotopic (exact) mass is 212 g/mol. The van der Waals surface area contributed by atoms with E-state index in [0.717, 1.165) is 6.42 Å². The van der Waals surface area contributed by atoms with Gasteiger partial charge in [0.25, 0.3) is 0 Å². The Morgan fingerprint density at radius 3 is 2.27 bits per heavy atom. The molecule has 0 aromatic heterocycles. The molecule has 3 N–H and O–H groups in total. The first kappa shape index (κ1) is 14.1. The lowest BCUT2D eigenvalue weighted by atomic mass is 9.88. The fourth-order valence-electron chi connectivity index (χ4n) is 1.38. The zero-order chi connectivity index (χ0) is 12.0. The van der Waals surface area contributed by atoms with Crippen molar-refractivity contribution >= 4 is 5.71 Å². The van der Waals surface area contributed by atoms with Gasteiger partial charge in [0, 0.05) is 5.71 Å². The van der Waals surface area contributed by atoms with Gasteiger partial charge in [0.1, 0.15) is 12.0 Å². The van der Waals surface area contributed by atoms with Crippen LogP contribution in [0.2, 0.25) is 0 Å². The summed E-state index contributed by atoms with van der Waals surface area (Å²) in [5.74, 6) is -0.996. The molecule has 3 unspecified atom stereocenters. The molecule has 4 heteroatoms. The smallest absolute Gasteiger partial charge is 0.110 e. The summed E-state index contributed by atoms with van der Waals surface area (Å²) in [5, 5.41) is 35.8. The summed E-state index contributed by atoms with van der Waals surface area (Å²) in [6.45, 7) is 5.47. The molecule has 0 spiro atoms. The minimum atomic E-state index is -1.16. The Labute approximate surface area is 91.1 Å². The van der Waals surface area contributed by atoms with E-state index in [1.165, 1.54) is 0 Å². The van der Waals surface area contributed by atoms with Crippen LogP contribution < -0.4 is 0 Å². The molecule has 0 amide bonds. The first-order valence-electron chi connectivity index (χ1n) is 5.29. The molecule has 0 aliphatic rings. The first-order valence-corrected chi connectivity index (χ1v) is 5.29. The quantitative estimate of drug-likeness (QED) is 0.580. The van der Waals surface area contributed by atoms with Gasteiger partial charge in [0.2, 0.25) is 0 Å². The van der Waals surface area contributed by atoms with Gasteiger partial charge >= 0.3 is 0 Å². The summed E-state index contributed by atoms with van der Waals surface area (Å²) < 4.78 is 0. The average Bonchev–Trinajstić information content (AvgIpc) is 2.17. The van der Waals surface area contributed by atoms with Crippen molar-refractivity contribution in [3.05, 3.63) is 0 Å². The first-order chi connectivity index (χ1) is 6.95. The Bertz CT molecular complexity index is 245. The zero-order valence-electron chi connectivity index (χ0n) is 9.57. The number of aliphatic hydroxyl groups excluding tert-OH is 2. The summed E-state index contributed by atoms with van der Waals surface area (Å²) in [4.78, 5) is 0. The molecule has 3 atom stereocenters. The molecule has 0 saturated heterocycles. The van der Waals surface area contributed by atoms with Crippen LogP contribution in [0.25, 0.3) is 0 Å². The van der Waals surface area contributed by atoms with Crippen LogP contribution in [0.3, 0.4) is 0 Å². The molecule has 0 bridgehead atoms. The number of rotatable bonds is 6. The molecule has 15 heavy (non-hydrogen) atoms. The maximum Gasteiger partial charge on any atom is 0.110 e. The lowest BCUT2D eigenvalue weighted by Gasteiger charge is -2.23. The van der Waals surface area contributed by atoms with Crippen molar-refractivity contribution < 1.29 is 10.2 Å². The largest absolute Gasteiger partial charge is 0.392 e. The maximum absolute atomic E-state index is 9.74. The standard InChI is InChI=1S/C11H20N2O2/c1-4-5-9(14)8(6-12)11(15)10(13)7(2)3/h7-9,11,13-15H,4-5H2,1-3H3. The molecule has 0 rings (SSSR count). The zero-order valence-corrected chi connectivity index (χ0v) is 9.57. The van der Waals surface area contributed by atoms with Gasteiger partial charge < -0.3 is 15.6 Å². The highest BCUT2D eigenvalue weighted by Crippen LogP contribution is 2.16. The van der Waals surface area contributed by atoms with Gasteiger partial charge in [0.05, 0.1) is 12.2 Å². The third-order valence-corrected chi connectivity index (χ3v) is 2.43. The molecule has 0 radical (unpaired) electrons. The Morgan fingerprint density at radius 2 is 1.93 bits per heavy atom. The number of nitrogens with one attached hydrogen (secondary N) is 1. The minimum Gasteiger partial charge on any atom is -0.392 e. The van der Waals surface area contributed by atoms with Crippen molar-refractivity contribution in [1.29, 1.82) is 10.7 Å². The van der Waals surface area contributed by atoms with E-state index in [4.69, 9.17) is 10.7 Å². The van der Waals surface area contributed by atoms with Gasteiger partial charge in [-0.2, -0.15) is 5.26 Å². The van der Waals surface area contributed by atoms with Crippen LogP contribution in [0.4, 0.5) is 0 Å². The number of hydrogen-bond donors (Lipinski definition) is 3. The lowest BCUT2D eigenvalue weighted by molar-refractivity contribution is 0.0639. The van der Waals surface area contributed by atoms with E-state index in [-0.39, 0.29) is 11.6 Å². The molecule has 4 nitrogen and oxygen atoms in total. The predicted octanol–water partition coefficient (Wildman–Crippen LogP) is 1.32. The summed E-state index contributed by atoms with van der Waals surface area (Å²) in [6, 6.07) is 1.88. The van der Waals surface area contributed by atoms with Crippen LogP contribution in [-0.2, 0) is 0 Å². The maximum atomic E-state index is 9.74. The fraction of sp³-hybridized carbons (Fsp3) is 0.818. The predicted molar refractivity (Wildman–Crippen MR) is 58.6 cm³/mol. The molecule has 0 aromatic carbocycles. The van der Waals surface area contributed by atoms with Gasteiger partial charge in [-0.3, -0.25) is 0 Å². The Kier molecular flexibility index (Phi) is 6.14. The number of hydrogen-bond acceptors (Lipinski definition) is 4. The molecule has 0 saturated carbocycles. The van der Waals surface area contributed by atoms with Crippen LogP contribution in [0.15, 0.2) is 0 Å². The average molecular weight is 212 g/mol. The fourth-order valence-corrected chi connectivity index (χ4v) is 1.38. The normalized spacial score (nSPS) is 16.9. The van der Waals surface area contributed by atoms with Crippen molar-refractivity contribution in [2.75, 3.05) is 0 Å². The lowest BCUT2D eigenvalue weighted by Crippen LogP contribution is -2.38. The molecule has 0 heterocycles. The van der Waals surface area contributed by atoms with E-state index in [1.807, 2.05) is 13.0 Å². The van der Waals surface area contributed by atoms with E-state index in [2.05, 4.69) is 0 Å². The van der Waals surface area contributed by atoms with E-state index < -0.39 is 18.1 Å². The van der Waals surface area contributed by atoms with Crippen molar-refractivity contribution in [3.8, 4) is 6.07 Å². The van der Waals surface area contributed by atoms with E-state index in [1.54, 1.807) is 13.8 Å². The van der Waals surface area contributed by atoms with Crippen LogP contribution in [0, 0.1) is 28.6 Å². The van der Waals surface area contributed by atoms with Crippen molar-refractivity contribution in [3.63, 3.8) is 0 Å². The van der Waals surface area contributed by atoms with Gasteiger partial charge in [-0.05, 0) is 12.3 Å². The molecule has 86 valence electrons. The molecular formula is C11H20N2O2. The number of nitriles is 1. The SMILES string of the molecule is CCCC(O)C(C#N)C(O)C(=N)C(C)C. The topological polar surface area (TPSA) is 88.1 Å². The second kappa shape index (κ2) is 6.54. The van der Waals surface area contributed by atoms with E-state index in [0.29, 0.717) is 6.42 Å². The summed E-state index contributed by atoms with van der Waals surface area (Å²) in [7, 11) is 0. The highest BCUT2D eigenvalue weighted by molar-refractivity contribution is 5.87. The summed E-state index contributed by atoms with van der Waals surface area (Å²) in [6.07, 6.45) is -0.785. The number of nitrogens with zero attached hydrogens (tertiary/aromatic N) is 1. The summed E-state index contributed by atoms with van der Waals surface area (Å²) in [5.41, 5.74) is 0.108. The third-order valence-electron chi connectivity index (χ3n) is 2.43. The van der Waals surface area contributed by atoms with Crippen molar-refractivity contribution in [1.82, 2.24) is 0 Å². The van der Waals surface area contributed by atoms with Gasteiger partial charge in [-0.15, -0.1) is 0 Å². The highest BCUT2D eigenvalue weighted by Gasteiger charge is 2.30.